The molecule has 0 aliphatic rings. The molecule has 0 amide bonds. The van der Waals surface area contributed by atoms with Gasteiger partial charge >= 0.3 is 0 Å². The molecule has 0 bridgehead atoms. The fourth-order valence-electron chi connectivity index (χ4n) is 0. The van der Waals surface area contributed by atoms with Gasteiger partial charge in [-0.15, -0.1) is 0 Å². The first-order valence-electron chi connectivity index (χ1n) is 0.967. The Morgan fingerprint density at radius 1 is 2.00 bits per heavy atom. The molecule has 25 valence electrons. The summed E-state index contributed by atoms with van der Waals surface area (Å²) in [5.74, 6) is 0. The second-order valence-electron chi connectivity index (χ2n) is 0.325. The van der Waals surface area contributed by atoms with Crippen LogP contribution < -0.4 is 0 Å². The van der Waals surface area contributed by atoms with Crippen LogP contribution in [0.25, 0.3) is 0 Å². The number of hydrogen-bond acceptors (Lipinski definition) is 1. The highest BCUT2D eigenvalue weighted by Crippen LogP contribution is 1.83. The molecule has 0 rings (SSSR count). The van der Waals surface area contributed by atoms with Crippen LogP contribution in [0.4, 0.5) is 0 Å². The molecule has 1 nitrogen and oxygen atoms in total. The zero-order valence-corrected chi connectivity index (χ0v) is 3.95. The largest absolute Gasteiger partial charge is 0.302 e. The molecular weight excluding hydrogens is 120 g/mol. The van der Waals surface area contributed by atoms with Crippen molar-refractivity contribution >= 4 is 16.3 Å². The maximum atomic E-state index is 4.23. The molecule has 0 heterocycles. The molecule has 2 heteroatoms. The SMILES string of the molecule is C[CH]OBr. The second kappa shape index (κ2) is 3.44. The molecule has 0 unspecified atom stereocenters. The summed E-state index contributed by atoms with van der Waals surface area (Å²) in [6, 6.07) is 0. The van der Waals surface area contributed by atoms with Crippen molar-refractivity contribution in [2.24, 2.45) is 0 Å². The predicted octanol–water partition coefficient (Wildman–Crippen LogP) is 1.49. The van der Waals surface area contributed by atoms with Crippen molar-refractivity contribution < 1.29 is 3.83 Å². The molecule has 0 aromatic rings. The molecule has 0 N–H and O–H groups in total. The highest BCUT2D eigenvalue weighted by molar-refractivity contribution is 9.06. The van der Waals surface area contributed by atoms with Crippen LogP contribution in [0, 0.1) is 6.61 Å². The molecule has 0 fully saturated rings. The summed E-state index contributed by atoms with van der Waals surface area (Å²) in [5.41, 5.74) is 0. The Balaban J connectivity index is 1.97. The van der Waals surface area contributed by atoms with Gasteiger partial charge in [0.25, 0.3) is 0 Å². The van der Waals surface area contributed by atoms with Gasteiger partial charge in [-0.25, -0.2) is 0 Å². The molecule has 0 saturated heterocycles. The minimum absolute atomic E-state index is 1.54. The third-order valence-electron chi connectivity index (χ3n) is 0.0891. The van der Waals surface area contributed by atoms with E-state index in [-0.39, 0.29) is 0 Å². The number of halogens is 1. The van der Waals surface area contributed by atoms with Gasteiger partial charge in [-0.05, 0) is 6.92 Å². The lowest BCUT2D eigenvalue weighted by Gasteiger charge is -1.70. The van der Waals surface area contributed by atoms with Crippen LogP contribution in [0.15, 0.2) is 0 Å². The van der Waals surface area contributed by atoms with Crippen molar-refractivity contribution in [1.82, 2.24) is 0 Å². The topological polar surface area (TPSA) is 9.23 Å². The van der Waals surface area contributed by atoms with Gasteiger partial charge in [0.05, 0.1) is 22.9 Å². The summed E-state index contributed by atoms with van der Waals surface area (Å²) in [6.07, 6.45) is 0. The molecule has 0 aliphatic carbocycles. The van der Waals surface area contributed by atoms with Crippen LogP contribution >= 0.6 is 16.3 Å². The minimum Gasteiger partial charge on any atom is -0.302 e. The molecule has 1 radical (unpaired) electrons. The number of hydrogen-bond donors (Lipinski definition) is 0. The molecule has 0 saturated carbocycles. The Morgan fingerprint density at radius 2 is 2.25 bits per heavy atom. The Bertz CT molecular complexity index is 8.00. The summed E-state index contributed by atoms with van der Waals surface area (Å²) in [4.78, 5) is 0. The highest BCUT2D eigenvalue weighted by Gasteiger charge is 1.57. The zero-order valence-electron chi connectivity index (χ0n) is 2.36. The van der Waals surface area contributed by atoms with Crippen LogP contribution in [0.1, 0.15) is 6.92 Å². The molecule has 4 heavy (non-hydrogen) atoms. The second-order valence-corrected chi connectivity index (χ2v) is 0.699. The smallest absolute Gasteiger partial charge is 0.0991 e. The van der Waals surface area contributed by atoms with Gasteiger partial charge < -0.3 is 3.83 Å². The molecular formula is C2H4BrO. The standard InChI is InChI=1S/C2H4BrO/c1-2-4-3/h2H,1H3. The van der Waals surface area contributed by atoms with E-state index in [9.17, 15) is 0 Å². The fourth-order valence-corrected chi connectivity index (χ4v) is 0. The summed E-state index contributed by atoms with van der Waals surface area (Å²) >= 11 is 2.69. The van der Waals surface area contributed by atoms with Crippen molar-refractivity contribution in [3.8, 4) is 0 Å². The first-order chi connectivity index (χ1) is 1.91. The molecule has 0 aliphatic heterocycles. The quantitative estimate of drug-likeness (QED) is 0.514. The average molecular weight is 124 g/mol. The molecule has 0 aromatic carbocycles. The average Bonchev–Trinajstić information content (AvgIpc) is 1.37. The van der Waals surface area contributed by atoms with E-state index in [0.717, 1.165) is 0 Å². The molecule has 0 spiro atoms. The normalized spacial score (nSPS) is 7.50. The van der Waals surface area contributed by atoms with Crippen molar-refractivity contribution in [2.75, 3.05) is 0 Å². The van der Waals surface area contributed by atoms with E-state index in [4.69, 9.17) is 0 Å². The van der Waals surface area contributed by atoms with E-state index in [1.807, 2.05) is 0 Å². The third kappa shape index (κ3) is 2.44. The first-order valence-corrected chi connectivity index (χ1v) is 1.61. The van der Waals surface area contributed by atoms with Gasteiger partial charge in [-0.1, -0.05) is 0 Å². The third-order valence-corrected chi connectivity index (χ3v) is 0.463. The van der Waals surface area contributed by atoms with E-state index in [2.05, 4.69) is 20.1 Å². The van der Waals surface area contributed by atoms with Crippen LogP contribution in [-0.2, 0) is 3.83 Å². The maximum absolute atomic E-state index is 4.23. The summed E-state index contributed by atoms with van der Waals surface area (Å²) in [5, 5.41) is 0. The van der Waals surface area contributed by atoms with Crippen molar-refractivity contribution in [3.63, 3.8) is 0 Å². The van der Waals surface area contributed by atoms with Crippen molar-refractivity contribution in [3.05, 3.63) is 6.61 Å². The number of rotatable bonds is 1. The van der Waals surface area contributed by atoms with E-state index in [1.165, 1.54) is 0 Å². The van der Waals surface area contributed by atoms with Gasteiger partial charge in [-0.2, -0.15) is 0 Å². The van der Waals surface area contributed by atoms with E-state index in [0.29, 0.717) is 0 Å². The lowest BCUT2D eigenvalue weighted by atomic mass is 10.9. The Labute approximate surface area is 34.4 Å². The van der Waals surface area contributed by atoms with E-state index >= 15 is 0 Å². The van der Waals surface area contributed by atoms with Crippen LogP contribution in [0.3, 0.4) is 0 Å². The maximum Gasteiger partial charge on any atom is 0.0991 e. The summed E-state index contributed by atoms with van der Waals surface area (Å²) in [7, 11) is 0. The summed E-state index contributed by atoms with van der Waals surface area (Å²) in [6.45, 7) is 3.33. The minimum atomic E-state index is 1.54. The van der Waals surface area contributed by atoms with Gasteiger partial charge in [0.2, 0.25) is 0 Å². The predicted molar refractivity (Wildman–Crippen MR) is 20.0 cm³/mol. The lowest BCUT2D eigenvalue weighted by molar-refractivity contribution is 0.517. The van der Waals surface area contributed by atoms with Crippen LogP contribution in [-0.4, -0.2) is 0 Å². The first kappa shape index (κ1) is 4.44. The van der Waals surface area contributed by atoms with E-state index < -0.39 is 0 Å². The summed E-state index contributed by atoms with van der Waals surface area (Å²) < 4.78 is 4.23. The molecule has 0 aromatic heterocycles. The monoisotopic (exact) mass is 123 g/mol. The lowest BCUT2D eigenvalue weighted by Crippen LogP contribution is -1.51. The van der Waals surface area contributed by atoms with Crippen molar-refractivity contribution in [1.29, 1.82) is 0 Å². The highest BCUT2D eigenvalue weighted by atomic mass is 79.9. The van der Waals surface area contributed by atoms with Crippen LogP contribution in [0.2, 0.25) is 0 Å². The van der Waals surface area contributed by atoms with Gasteiger partial charge in [0, 0.05) is 0 Å². The Morgan fingerprint density at radius 3 is 2.25 bits per heavy atom. The molecule has 0 atom stereocenters. The fraction of sp³-hybridized carbons (Fsp3) is 0.500. The Hall–Kier alpha value is 0.440. The van der Waals surface area contributed by atoms with E-state index in [1.54, 1.807) is 13.5 Å². The van der Waals surface area contributed by atoms with Gasteiger partial charge in [0.1, 0.15) is 0 Å². The van der Waals surface area contributed by atoms with Crippen molar-refractivity contribution in [2.45, 2.75) is 6.92 Å². The Kier molecular flexibility index (Phi) is 3.82. The van der Waals surface area contributed by atoms with Gasteiger partial charge in [-0.3, -0.25) is 0 Å². The zero-order chi connectivity index (χ0) is 3.41. The van der Waals surface area contributed by atoms with Gasteiger partial charge in [0.15, 0.2) is 0 Å². The van der Waals surface area contributed by atoms with Crippen LogP contribution in [0.5, 0.6) is 0 Å².